The summed E-state index contributed by atoms with van der Waals surface area (Å²) in [5, 5.41) is 21.3. The van der Waals surface area contributed by atoms with E-state index in [1.54, 1.807) is 11.8 Å². The lowest BCUT2D eigenvalue weighted by atomic mass is 10.1. The SMILES string of the molecule is Cc1ncc(C#N)c(N2CCNCC2C(=O)O)n1. The van der Waals surface area contributed by atoms with Crippen LogP contribution in [0.4, 0.5) is 5.82 Å². The van der Waals surface area contributed by atoms with E-state index in [0.717, 1.165) is 0 Å². The van der Waals surface area contributed by atoms with Gasteiger partial charge in [0.15, 0.2) is 5.82 Å². The van der Waals surface area contributed by atoms with Crippen LogP contribution in [0.2, 0.25) is 0 Å². The molecule has 1 aliphatic heterocycles. The van der Waals surface area contributed by atoms with Gasteiger partial charge in [0, 0.05) is 19.6 Å². The Morgan fingerprint density at radius 2 is 2.50 bits per heavy atom. The van der Waals surface area contributed by atoms with Crippen molar-refractivity contribution in [2.24, 2.45) is 0 Å². The predicted molar refractivity (Wildman–Crippen MR) is 63.1 cm³/mol. The van der Waals surface area contributed by atoms with Crippen molar-refractivity contribution in [1.29, 1.82) is 5.26 Å². The molecule has 1 atom stereocenters. The van der Waals surface area contributed by atoms with Gasteiger partial charge in [0.2, 0.25) is 0 Å². The summed E-state index contributed by atoms with van der Waals surface area (Å²) in [6.07, 6.45) is 1.43. The van der Waals surface area contributed by atoms with Crippen LogP contribution in [0.25, 0.3) is 0 Å². The maximum atomic E-state index is 11.2. The number of hydrogen-bond acceptors (Lipinski definition) is 6. The summed E-state index contributed by atoms with van der Waals surface area (Å²) in [4.78, 5) is 21.0. The number of carbonyl (C=O) groups is 1. The third-order valence-corrected chi connectivity index (χ3v) is 2.81. The van der Waals surface area contributed by atoms with Crippen LogP contribution in [-0.4, -0.2) is 46.7 Å². The molecule has 0 radical (unpaired) electrons. The molecule has 0 bridgehead atoms. The fourth-order valence-corrected chi connectivity index (χ4v) is 1.93. The molecule has 1 saturated heterocycles. The average molecular weight is 247 g/mol. The van der Waals surface area contributed by atoms with Crippen molar-refractivity contribution in [1.82, 2.24) is 15.3 Å². The van der Waals surface area contributed by atoms with E-state index in [1.807, 2.05) is 6.07 Å². The van der Waals surface area contributed by atoms with Gasteiger partial charge in [-0.1, -0.05) is 0 Å². The normalized spacial score (nSPS) is 19.3. The Bertz CT molecular complexity index is 511. The van der Waals surface area contributed by atoms with E-state index in [9.17, 15) is 9.90 Å². The van der Waals surface area contributed by atoms with Gasteiger partial charge in [-0.05, 0) is 6.92 Å². The third kappa shape index (κ3) is 2.24. The van der Waals surface area contributed by atoms with Gasteiger partial charge < -0.3 is 15.3 Å². The van der Waals surface area contributed by atoms with Crippen molar-refractivity contribution in [2.75, 3.05) is 24.5 Å². The van der Waals surface area contributed by atoms with Crippen molar-refractivity contribution >= 4 is 11.8 Å². The molecule has 1 aromatic heterocycles. The lowest BCUT2D eigenvalue weighted by Crippen LogP contribution is -2.55. The number of carboxylic acid groups (broad SMARTS) is 1. The summed E-state index contributed by atoms with van der Waals surface area (Å²) >= 11 is 0. The van der Waals surface area contributed by atoms with Crippen LogP contribution in [0, 0.1) is 18.3 Å². The van der Waals surface area contributed by atoms with Gasteiger partial charge in [-0.15, -0.1) is 0 Å². The van der Waals surface area contributed by atoms with Crippen molar-refractivity contribution < 1.29 is 9.90 Å². The lowest BCUT2D eigenvalue weighted by Gasteiger charge is -2.34. The van der Waals surface area contributed by atoms with Crippen LogP contribution < -0.4 is 10.2 Å². The van der Waals surface area contributed by atoms with Crippen molar-refractivity contribution in [3.8, 4) is 6.07 Å². The molecule has 1 aliphatic rings. The molecule has 18 heavy (non-hydrogen) atoms. The van der Waals surface area contributed by atoms with Crippen molar-refractivity contribution in [3.63, 3.8) is 0 Å². The van der Waals surface area contributed by atoms with Crippen molar-refractivity contribution in [3.05, 3.63) is 17.6 Å². The monoisotopic (exact) mass is 247 g/mol. The van der Waals surface area contributed by atoms with Gasteiger partial charge in [0.1, 0.15) is 23.5 Å². The highest BCUT2D eigenvalue weighted by atomic mass is 16.4. The van der Waals surface area contributed by atoms with E-state index in [-0.39, 0.29) is 0 Å². The number of aromatic nitrogens is 2. The highest BCUT2D eigenvalue weighted by Gasteiger charge is 2.30. The molecule has 1 fully saturated rings. The zero-order valence-corrected chi connectivity index (χ0v) is 9.92. The first kappa shape index (κ1) is 12.3. The van der Waals surface area contributed by atoms with Crippen LogP contribution >= 0.6 is 0 Å². The average Bonchev–Trinajstić information content (AvgIpc) is 2.38. The smallest absolute Gasteiger partial charge is 0.327 e. The number of aliphatic carboxylic acids is 1. The molecule has 2 heterocycles. The molecule has 0 amide bonds. The number of hydrogen-bond donors (Lipinski definition) is 2. The molecule has 0 spiro atoms. The summed E-state index contributed by atoms with van der Waals surface area (Å²) < 4.78 is 0. The van der Waals surface area contributed by atoms with Gasteiger partial charge >= 0.3 is 5.97 Å². The van der Waals surface area contributed by atoms with Crippen molar-refractivity contribution in [2.45, 2.75) is 13.0 Å². The van der Waals surface area contributed by atoms with Crippen LogP contribution in [0.3, 0.4) is 0 Å². The largest absolute Gasteiger partial charge is 0.480 e. The first-order valence-electron chi connectivity index (χ1n) is 5.57. The number of nitrogens with zero attached hydrogens (tertiary/aromatic N) is 4. The third-order valence-electron chi connectivity index (χ3n) is 2.81. The predicted octanol–water partition coefficient (Wildman–Crippen LogP) is -0.481. The molecular weight excluding hydrogens is 234 g/mol. The molecular formula is C11H13N5O2. The van der Waals surface area contributed by atoms with Gasteiger partial charge in [-0.3, -0.25) is 0 Å². The molecule has 7 heteroatoms. The van der Waals surface area contributed by atoms with E-state index in [4.69, 9.17) is 5.26 Å². The topological polar surface area (TPSA) is 102 Å². The summed E-state index contributed by atoms with van der Waals surface area (Å²) in [5.74, 6) is -0.00655. The number of carboxylic acids is 1. The molecule has 94 valence electrons. The highest BCUT2D eigenvalue weighted by molar-refractivity contribution is 5.79. The van der Waals surface area contributed by atoms with Crippen LogP contribution in [0.1, 0.15) is 11.4 Å². The summed E-state index contributed by atoms with van der Waals surface area (Å²) in [5.41, 5.74) is 0.300. The molecule has 2 N–H and O–H groups in total. The summed E-state index contributed by atoms with van der Waals surface area (Å²) in [7, 11) is 0. The quantitative estimate of drug-likeness (QED) is 0.727. The number of nitriles is 1. The summed E-state index contributed by atoms with van der Waals surface area (Å²) in [6, 6.07) is 1.29. The fourth-order valence-electron chi connectivity index (χ4n) is 1.93. The van der Waals surface area contributed by atoms with E-state index in [2.05, 4.69) is 15.3 Å². The van der Waals surface area contributed by atoms with E-state index in [1.165, 1.54) is 6.20 Å². The van der Waals surface area contributed by atoms with Gasteiger partial charge in [-0.2, -0.15) is 5.26 Å². The second-order valence-corrected chi connectivity index (χ2v) is 4.02. The first-order chi connectivity index (χ1) is 8.63. The Labute approximate surface area is 104 Å². The van der Waals surface area contributed by atoms with Crippen LogP contribution in [-0.2, 0) is 4.79 Å². The second-order valence-electron chi connectivity index (χ2n) is 4.02. The van der Waals surface area contributed by atoms with Gasteiger partial charge in [0.05, 0.1) is 6.20 Å². The Hall–Kier alpha value is -2.20. The van der Waals surface area contributed by atoms with E-state index < -0.39 is 12.0 Å². The first-order valence-corrected chi connectivity index (χ1v) is 5.57. The molecule has 0 aliphatic carbocycles. The zero-order valence-electron chi connectivity index (χ0n) is 9.92. The number of aryl methyl sites for hydroxylation is 1. The lowest BCUT2D eigenvalue weighted by molar-refractivity contribution is -0.138. The minimum atomic E-state index is -0.928. The number of nitrogens with one attached hydrogen (secondary N) is 1. The van der Waals surface area contributed by atoms with Crippen LogP contribution in [0.5, 0.6) is 0 Å². The maximum absolute atomic E-state index is 11.2. The maximum Gasteiger partial charge on any atom is 0.327 e. The number of rotatable bonds is 2. The molecule has 0 aromatic carbocycles. The fraction of sp³-hybridized carbons (Fsp3) is 0.455. The van der Waals surface area contributed by atoms with Gasteiger partial charge in [0.25, 0.3) is 0 Å². The Kier molecular flexibility index (Phi) is 3.39. The molecule has 7 nitrogen and oxygen atoms in total. The standard InChI is InChI=1S/C11H13N5O2/c1-7-14-5-8(4-12)10(15-7)16-3-2-13-6-9(16)11(17)18/h5,9,13H,2-3,6H2,1H3,(H,17,18). The Balaban J connectivity index is 2.42. The minimum Gasteiger partial charge on any atom is -0.480 e. The number of piperazine rings is 1. The zero-order chi connectivity index (χ0) is 13.1. The van der Waals surface area contributed by atoms with E-state index >= 15 is 0 Å². The molecule has 1 unspecified atom stereocenters. The molecule has 0 saturated carbocycles. The molecule has 1 aromatic rings. The molecule has 2 rings (SSSR count). The van der Waals surface area contributed by atoms with Crippen LogP contribution in [0.15, 0.2) is 6.20 Å². The Morgan fingerprint density at radius 3 is 3.17 bits per heavy atom. The van der Waals surface area contributed by atoms with E-state index in [0.29, 0.717) is 36.8 Å². The summed E-state index contributed by atoms with van der Waals surface area (Å²) in [6.45, 7) is 3.21. The minimum absolute atomic E-state index is 0.300. The number of anilines is 1. The highest BCUT2D eigenvalue weighted by Crippen LogP contribution is 2.20. The van der Waals surface area contributed by atoms with Gasteiger partial charge in [-0.25, -0.2) is 14.8 Å². The Morgan fingerprint density at radius 1 is 1.72 bits per heavy atom. The second kappa shape index (κ2) is 4.98.